The molecule has 2 rings (SSSR count). The van der Waals surface area contributed by atoms with Gasteiger partial charge in [0.2, 0.25) is 0 Å². The molecule has 0 amide bonds. The molecule has 0 atom stereocenters. The first-order valence-electron chi connectivity index (χ1n) is 6.72. The molecule has 0 aliphatic carbocycles. The molecule has 0 aromatic carbocycles. The molecule has 114 valence electrons. The molecular weight excluding hydrogens is 288 g/mol. The van der Waals surface area contributed by atoms with E-state index in [2.05, 4.69) is 20.0 Å². The smallest absolute Gasteiger partial charge is 0.263 e. The van der Waals surface area contributed by atoms with E-state index in [0.717, 1.165) is 11.3 Å². The van der Waals surface area contributed by atoms with E-state index in [9.17, 15) is 8.42 Å². The van der Waals surface area contributed by atoms with Crippen LogP contribution < -0.4 is 10.0 Å². The van der Waals surface area contributed by atoms with Gasteiger partial charge in [0.15, 0.2) is 0 Å². The Bertz CT molecular complexity index is 707. The van der Waals surface area contributed by atoms with Crippen LogP contribution in [0.3, 0.4) is 0 Å². The van der Waals surface area contributed by atoms with E-state index >= 15 is 0 Å². The molecule has 2 aromatic heterocycles. The van der Waals surface area contributed by atoms with Gasteiger partial charge in [-0.3, -0.25) is 9.71 Å². The molecular formula is C14H20N4O2S. The fourth-order valence-electron chi connectivity index (χ4n) is 1.82. The summed E-state index contributed by atoms with van der Waals surface area (Å²) in [5, 5.41) is 3.23. The zero-order valence-electron chi connectivity index (χ0n) is 12.3. The minimum absolute atomic E-state index is 0.213. The summed E-state index contributed by atoms with van der Waals surface area (Å²) in [6.07, 6.45) is 4.64. The lowest BCUT2D eigenvalue weighted by atomic mass is 10.3. The molecule has 2 aromatic rings. The molecule has 7 heteroatoms. The van der Waals surface area contributed by atoms with Gasteiger partial charge in [0.05, 0.1) is 11.9 Å². The fraction of sp³-hybridized carbons (Fsp3) is 0.357. The van der Waals surface area contributed by atoms with E-state index in [0.29, 0.717) is 18.3 Å². The SMILES string of the molecule is Cc1cncc(NS(=O)(=O)c2c[nH]c(CNC(C)C)c2)c1. The van der Waals surface area contributed by atoms with Crippen LogP contribution in [0.2, 0.25) is 0 Å². The lowest BCUT2D eigenvalue weighted by Crippen LogP contribution is -2.21. The number of hydrogen-bond donors (Lipinski definition) is 3. The van der Waals surface area contributed by atoms with Crippen LogP contribution in [0.5, 0.6) is 0 Å². The molecule has 0 unspecified atom stereocenters. The van der Waals surface area contributed by atoms with Gasteiger partial charge in [0.25, 0.3) is 10.0 Å². The number of rotatable bonds is 6. The van der Waals surface area contributed by atoms with Gasteiger partial charge < -0.3 is 10.3 Å². The van der Waals surface area contributed by atoms with Crippen molar-refractivity contribution in [2.45, 2.75) is 38.3 Å². The van der Waals surface area contributed by atoms with Crippen molar-refractivity contribution in [2.75, 3.05) is 4.72 Å². The predicted molar refractivity (Wildman–Crippen MR) is 82.6 cm³/mol. The van der Waals surface area contributed by atoms with Gasteiger partial charge in [-0.05, 0) is 24.6 Å². The van der Waals surface area contributed by atoms with Gasteiger partial charge in [0.1, 0.15) is 4.90 Å². The van der Waals surface area contributed by atoms with E-state index < -0.39 is 10.0 Å². The summed E-state index contributed by atoms with van der Waals surface area (Å²) in [5.74, 6) is 0. The number of nitrogens with zero attached hydrogens (tertiary/aromatic N) is 1. The van der Waals surface area contributed by atoms with Gasteiger partial charge >= 0.3 is 0 Å². The quantitative estimate of drug-likeness (QED) is 0.762. The Balaban J connectivity index is 2.12. The number of nitrogens with one attached hydrogen (secondary N) is 3. The first kappa shape index (κ1) is 15.5. The first-order chi connectivity index (χ1) is 9.87. The largest absolute Gasteiger partial charge is 0.363 e. The highest BCUT2D eigenvalue weighted by Gasteiger charge is 2.16. The van der Waals surface area contributed by atoms with E-state index in [4.69, 9.17) is 0 Å². The maximum absolute atomic E-state index is 12.3. The fourth-order valence-corrected chi connectivity index (χ4v) is 2.87. The van der Waals surface area contributed by atoms with Crippen molar-refractivity contribution in [1.29, 1.82) is 0 Å². The predicted octanol–water partition coefficient (Wildman–Crippen LogP) is 2.02. The highest BCUT2D eigenvalue weighted by atomic mass is 32.2. The Morgan fingerprint density at radius 3 is 2.71 bits per heavy atom. The first-order valence-corrected chi connectivity index (χ1v) is 8.20. The second-order valence-corrected chi connectivity index (χ2v) is 6.94. The van der Waals surface area contributed by atoms with Crippen LogP contribution in [0.25, 0.3) is 0 Å². The van der Waals surface area contributed by atoms with Crippen LogP contribution in [-0.2, 0) is 16.6 Å². The molecule has 0 aliphatic rings. The molecule has 0 fully saturated rings. The van der Waals surface area contributed by atoms with Crippen molar-refractivity contribution in [2.24, 2.45) is 0 Å². The third-order valence-electron chi connectivity index (χ3n) is 2.85. The summed E-state index contributed by atoms with van der Waals surface area (Å²) in [5.41, 5.74) is 2.18. The normalized spacial score (nSPS) is 11.8. The maximum Gasteiger partial charge on any atom is 0.263 e. The highest BCUT2D eigenvalue weighted by molar-refractivity contribution is 7.92. The van der Waals surface area contributed by atoms with E-state index in [1.807, 2.05) is 20.8 Å². The summed E-state index contributed by atoms with van der Waals surface area (Å²) in [4.78, 5) is 7.15. The van der Waals surface area contributed by atoms with Crippen LogP contribution >= 0.6 is 0 Å². The Labute approximate surface area is 125 Å². The van der Waals surface area contributed by atoms with Crippen molar-refractivity contribution in [3.63, 3.8) is 0 Å². The monoisotopic (exact) mass is 308 g/mol. The number of anilines is 1. The van der Waals surface area contributed by atoms with Crippen LogP contribution in [-0.4, -0.2) is 24.4 Å². The van der Waals surface area contributed by atoms with E-state index in [1.165, 1.54) is 12.4 Å². The van der Waals surface area contributed by atoms with Crippen LogP contribution in [0.1, 0.15) is 25.1 Å². The molecule has 21 heavy (non-hydrogen) atoms. The molecule has 0 saturated heterocycles. The molecule has 2 heterocycles. The van der Waals surface area contributed by atoms with Crippen molar-refractivity contribution >= 4 is 15.7 Å². The van der Waals surface area contributed by atoms with Crippen molar-refractivity contribution in [3.05, 3.63) is 42.0 Å². The molecule has 0 radical (unpaired) electrons. The molecule has 0 aliphatic heterocycles. The second-order valence-electron chi connectivity index (χ2n) is 5.25. The third-order valence-corrected chi connectivity index (χ3v) is 4.22. The number of pyridine rings is 1. The van der Waals surface area contributed by atoms with E-state index in [1.54, 1.807) is 18.3 Å². The summed E-state index contributed by atoms with van der Waals surface area (Å²) in [7, 11) is -3.60. The topological polar surface area (TPSA) is 86.9 Å². The summed E-state index contributed by atoms with van der Waals surface area (Å²) < 4.78 is 27.1. The summed E-state index contributed by atoms with van der Waals surface area (Å²) >= 11 is 0. The number of aromatic amines is 1. The zero-order valence-corrected chi connectivity index (χ0v) is 13.2. The highest BCUT2D eigenvalue weighted by Crippen LogP contribution is 2.17. The van der Waals surface area contributed by atoms with Gasteiger partial charge in [-0.25, -0.2) is 8.42 Å². The van der Waals surface area contributed by atoms with Crippen LogP contribution in [0.4, 0.5) is 5.69 Å². The molecule has 0 bridgehead atoms. The van der Waals surface area contributed by atoms with Crippen LogP contribution in [0, 0.1) is 6.92 Å². The van der Waals surface area contributed by atoms with Crippen molar-refractivity contribution < 1.29 is 8.42 Å². The summed E-state index contributed by atoms with van der Waals surface area (Å²) in [6.45, 7) is 6.52. The van der Waals surface area contributed by atoms with Gasteiger partial charge in [-0.2, -0.15) is 0 Å². The number of sulfonamides is 1. The Hall–Kier alpha value is -1.86. The average molecular weight is 308 g/mol. The lowest BCUT2D eigenvalue weighted by molar-refractivity contribution is 0.582. The van der Waals surface area contributed by atoms with Gasteiger partial charge in [-0.15, -0.1) is 0 Å². The molecule has 0 spiro atoms. The van der Waals surface area contributed by atoms with Crippen LogP contribution in [0.15, 0.2) is 35.6 Å². The number of hydrogen-bond acceptors (Lipinski definition) is 4. The number of aryl methyl sites for hydroxylation is 1. The summed E-state index contributed by atoms with van der Waals surface area (Å²) in [6, 6.07) is 3.70. The lowest BCUT2D eigenvalue weighted by Gasteiger charge is -2.07. The number of H-pyrrole nitrogens is 1. The minimum atomic E-state index is -3.60. The second kappa shape index (κ2) is 6.28. The third kappa shape index (κ3) is 4.30. The Kier molecular flexibility index (Phi) is 4.64. The molecule has 0 saturated carbocycles. The van der Waals surface area contributed by atoms with Gasteiger partial charge in [-0.1, -0.05) is 13.8 Å². The standard InChI is InChI=1S/C14H20N4O2S/c1-10(2)16-8-12-5-14(9-17-12)21(19,20)18-13-4-11(3)6-15-7-13/h4-7,9-10,16-18H,8H2,1-3H3. The van der Waals surface area contributed by atoms with Crippen molar-refractivity contribution in [3.8, 4) is 0 Å². The Morgan fingerprint density at radius 1 is 1.29 bits per heavy atom. The van der Waals surface area contributed by atoms with Crippen molar-refractivity contribution in [1.82, 2.24) is 15.3 Å². The van der Waals surface area contributed by atoms with Gasteiger partial charge in [0, 0.05) is 30.7 Å². The Morgan fingerprint density at radius 2 is 2.05 bits per heavy atom. The minimum Gasteiger partial charge on any atom is -0.363 e. The zero-order chi connectivity index (χ0) is 15.5. The molecule has 3 N–H and O–H groups in total. The maximum atomic E-state index is 12.3. The van der Waals surface area contributed by atoms with E-state index in [-0.39, 0.29) is 4.90 Å². The average Bonchev–Trinajstić information content (AvgIpc) is 2.85. The number of aromatic nitrogens is 2. The molecule has 6 nitrogen and oxygen atoms in total.